The van der Waals surface area contributed by atoms with E-state index in [2.05, 4.69) is 20.5 Å². The van der Waals surface area contributed by atoms with Crippen LogP contribution in [0.2, 0.25) is 0 Å². The summed E-state index contributed by atoms with van der Waals surface area (Å²) in [6.45, 7) is 6.72. The summed E-state index contributed by atoms with van der Waals surface area (Å²) >= 11 is 5.26. The van der Waals surface area contributed by atoms with E-state index < -0.39 is 24.2 Å². The van der Waals surface area contributed by atoms with E-state index in [-0.39, 0.29) is 29.4 Å². The first-order valence-corrected chi connectivity index (χ1v) is 17.9. The summed E-state index contributed by atoms with van der Waals surface area (Å²) < 4.78 is 0. The summed E-state index contributed by atoms with van der Waals surface area (Å²) in [6, 6.07) is 5.64. The Labute approximate surface area is 266 Å². The molecule has 2 aromatic rings. The number of para-hydroxylation sites is 1. The van der Waals surface area contributed by atoms with Crippen molar-refractivity contribution in [2.24, 2.45) is 10.8 Å². The number of unbranched alkanes of at least 4 members (excludes halogenated alkanes) is 2. The third-order valence-electron chi connectivity index (χ3n) is 9.12. The molecule has 0 radical (unpaired) electrons. The number of nitrogens with zero attached hydrogens (tertiary/aromatic N) is 3. The Morgan fingerprint density at radius 1 is 1.11 bits per heavy atom. The third-order valence-corrected chi connectivity index (χ3v) is 9.64. The molecule has 10 nitrogen and oxygen atoms in total. The number of rotatable bonds is 12. The number of benzene rings is 1. The average Bonchev–Trinajstić information content (AvgIpc) is 3.67. The number of amides is 3. The first kappa shape index (κ1) is 34.1. The van der Waals surface area contributed by atoms with Crippen molar-refractivity contribution in [3.8, 4) is 0 Å². The molecule has 0 bridgehead atoms. The first-order chi connectivity index (χ1) is 21.3. The fraction of sp³-hybridized carbons (Fsp3) is 0.625. The number of nitrogens with one attached hydrogen (secondary N) is 3. The molecule has 238 valence electrons. The Bertz CT molecular complexity index is 1380. The number of aromatic nitrogens is 1. The van der Waals surface area contributed by atoms with Gasteiger partial charge in [0.05, 0.1) is 0 Å². The van der Waals surface area contributed by atoms with Crippen molar-refractivity contribution in [1.82, 2.24) is 25.5 Å². The molecule has 1 aromatic heterocycles. The van der Waals surface area contributed by atoms with Gasteiger partial charge in [0.25, 0.3) is 0 Å². The summed E-state index contributed by atoms with van der Waals surface area (Å²) in [5.74, 6) is -0.474. The fourth-order valence-corrected chi connectivity index (χ4v) is 6.99. The minimum atomic E-state index is -0.750. The second kappa shape index (κ2) is 16.5. The average molecular weight is 642 g/mol. The number of carbonyl (C=O) groups is 4. The number of fused-ring (bicyclic) bond motifs is 2. The zero-order chi connectivity index (χ0) is 31.6. The maximum atomic E-state index is 14.2. The van der Waals surface area contributed by atoms with Crippen LogP contribution in [-0.4, -0.2) is 75.7 Å². The van der Waals surface area contributed by atoms with Gasteiger partial charge in [0.1, 0.15) is 5.78 Å². The molecule has 44 heavy (non-hydrogen) atoms. The molecular weight excluding hydrogens is 595 g/mol. The summed E-state index contributed by atoms with van der Waals surface area (Å²) in [5, 5.41) is 9.10. The fourth-order valence-electron chi connectivity index (χ4n) is 6.43. The molecule has 2 aliphatic rings. The number of Topliss-reactive ketones (excluding diaryl/α,β-unsaturated/α-hetero) is 1. The van der Waals surface area contributed by atoms with Crippen molar-refractivity contribution in [2.75, 3.05) is 13.1 Å². The molecule has 3 amide bonds. The van der Waals surface area contributed by atoms with Crippen LogP contribution in [-0.2, 0) is 37.4 Å². The summed E-state index contributed by atoms with van der Waals surface area (Å²) in [6.07, 6.45) is 8.24. The van der Waals surface area contributed by atoms with Crippen molar-refractivity contribution in [1.29, 1.82) is 0 Å². The molecule has 4 rings (SSSR count). The summed E-state index contributed by atoms with van der Waals surface area (Å²) in [4.78, 5) is 63.2. The van der Waals surface area contributed by atoms with Crippen LogP contribution in [0.3, 0.4) is 0 Å². The Morgan fingerprint density at radius 3 is 2.66 bits per heavy atom. The SMILES string of the molecule is CCC(=O)CCCCC[C@@H]1NC(=O)[C@H]2CCCN2C(=O)[C@H]([C@@H](C)CC)N(N=[P+]=S)C[C@H](Cc2c[nH]c3ccccc23)NC1=O. The summed E-state index contributed by atoms with van der Waals surface area (Å²) in [5.41, 5.74) is 2.05. The number of ketones is 1. The molecule has 3 heterocycles. The second-order valence-corrected chi connectivity index (χ2v) is 13.0. The van der Waals surface area contributed by atoms with Gasteiger partial charge in [0, 0.05) is 6.42 Å². The quantitative estimate of drug-likeness (QED) is 0.225. The van der Waals surface area contributed by atoms with Crippen LogP contribution in [0, 0.1) is 5.92 Å². The molecule has 0 aliphatic carbocycles. The predicted octanol–water partition coefficient (Wildman–Crippen LogP) is 4.84. The van der Waals surface area contributed by atoms with Gasteiger partial charge in [-0.15, -0.1) is 0 Å². The number of H-pyrrole nitrogens is 1. The van der Waals surface area contributed by atoms with Crippen molar-refractivity contribution < 1.29 is 19.2 Å². The van der Waals surface area contributed by atoms with Crippen molar-refractivity contribution in [2.45, 2.75) is 109 Å². The van der Waals surface area contributed by atoms with Crippen molar-refractivity contribution in [3.05, 3.63) is 36.0 Å². The molecule has 2 fully saturated rings. The monoisotopic (exact) mass is 641 g/mol. The van der Waals surface area contributed by atoms with Crippen molar-refractivity contribution in [3.63, 3.8) is 0 Å². The van der Waals surface area contributed by atoms with Gasteiger partial charge in [-0.2, -0.15) is 0 Å². The van der Waals surface area contributed by atoms with Gasteiger partial charge in [-0.1, -0.05) is 6.92 Å². The van der Waals surface area contributed by atoms with Gasteiger partial charge in [-0.3, -0.25) is 4.79 Å². The van der Waals surface area contributed by atoms with E-state index in [1.54, 1.807) is 9.91 Å². The zero-order valence-corrected chi connectivity index (χ0v) is 27.8. The first-order valence-electron chi connectivity index (χ1n) is 16.0. The van der Waals surface area contributed by atoms with E-state index in [1.807, 2.05) is 51.2 Å². The third kappa shape index (κ3) is 8.49. The molecule has 1 aromatic carbocycles. The Hall–Kier alpha value is -2.75. The van der Waals surface area contributed by atoms with E-state index in [1.165, 1.54) is 0 Å². The van der Waals surface area contributed by atoms with Crippen molar-refractivity contribution >= 4 is 53.4 Å². The Kier molecular flexibility index (Phi) is 12.8. The van der Waals surface area contributed by atoms with Crippen LogP contribution in [0.15, 0.2) is 35.3 Å². The van der Waals surface area contributed by atoms with E-state index in [9.17, 15) is 19.2 Å². The number of aromatic amines is 1. The number of carbonyl (C=O) groups excluding carboxylic acids is 4. The summed E-state index contributed by atoms with van der Waals surface area (Å²) in [7, 11) is 0.349. The molecule has 0 spiro atoms. The van der Waals surface area contributed by atoms with Gasteiger partial charge < -0.3 is 0 Å². The van der Waals surface area contributed by atoms with Gasteiger partial charge >= 0.3 is 243 Å². The van der Waals surface area contributed by atoms with Gasteiger partial charge in [0.15, 0.2) is 0 Å². The van der Waals surface area contributed by atoms with Crippen LogP contribution in [0.25, 0.3) is 10.9 Å². The standard InChI is InChI=1S/C32H45N6O4PS/c1-4-21(3)29-32(42)37-17-11-16-28(37)31(41)35-27(15-8-6-7-12-24(39)5-2)30(40)34-23(20-38(29)36-43-44)18-22-19-33-26-14-10-9-13-25(22)26/h9-10,13-14,19,21,23,27-29,33H,4-8,11-12,15-18,20H2,1-3H3,(H-,34,35,40,41)/p+1/t21-,23-,27-,28+,29-/m0/s1. The zero-order valence-electron chi connectivity index (χ0n) is 26.1. The van der Waals surface area contributed by atoms with E-state index in [4.69, 9.17) is 11.8 Å². The topological polar surface area (TPSA) is 127 Å². The van der Waals surface area contributed by atoms with Gasteiger partial charge in [-0.05, 0) is 0 Å². The second-order valence-electron chi connectivity index (χ2n) is 12.1. The van der Waals surface area contributed by atoms with E-state index in [0.717, 1.165) is 42.1 Å². The van der Waals surface area contributed by atoms with Gasteiger partial charge in [0.2, 0.25) is 0 Å². The molecule has 5 atom stereocenters. The molecule has 2 saturated heterocycles. The molecular formula is C32H46N6O4PS+. The minimum absolute atomic E-state index is 0.0490. The van der Waals surface area contributed by atoms with Crippen LogP contribution < -0.4 is 10.6 Å². The normalized spacial score (nSPS) is 24.2. The Morgan fingerprint density at radius 2 is 1.91 bits per heavy atom. The van der Waals surface area contributed by atoms with Crippen LogP contribution in [0.4, 0.5) is 0 Å². The van der Waals surface area contributed by atoms with Crippen LogP contribution in [0.5, 0.6) is 0 Å². The number of hydrogen-bond donors (Lipinski definition) is 3. The molecule has 12 heteroatoms. The number of hydrogen-bond acceptors (Lipinski definition) is 6. The van der Waals surface area contributed by atoms with Crippen LogP contribution >= 0.6 is 7.15 Å². The molecule has 3 N–H and O–H groups in total. The van der Waals surface area contributed by atoms with E-state index >= 15 is 0 Å². The van der Waals surface area contributed by atoms with Crippen LogP contribution in [0.1, 0.15) is 84.1 Å². The van der Waals surface area contributed by atoms with Gasteiger partial charge in [-0.25, -0.2) is 0 Å². The predicted molar refractivity (Wildman–Crippen MR) is 176 cm³/mol. The molecule has 0 unspecified atom stereocenters. The Balaban J connectivity index is 1.67. The molecule has 0 saturated carbocycles. The maximum absolute atomic E-state index is 14.2. The van der Waals surface area contributed by atoms with E-state index in [0.29, 0.717) is 58.8 Å². The molecule has 2 aliphatic heterocycles.